The summed E-state index contributed by atoms with van der Waals surface area (Å²) in [6, 6.07) is 7.72. The van der Waals surface area contributed by atoms with Gasteiger partial charge in [0.05, 0.1) is 21.4 Å². The number of fused-ring (bicyclic) bond motifs is 1. The Kier molecular flexibility index (Phi) is 4.90. The molecule has 31 heavy (non-hydrogen) atoms. The molecule has 8 nitrogen and oxygen atoms in total. The van der Waals surface area contributed by atoms with Gasteiger partial charge < -0.3 is 9.80 Å². The molecule has 1 aliphatic rings. The predicted molar refractivity (Wildman–Crippen MR) is 121 cm³/mol. The van der Waals surface area contributed by atoms with Gasteiger partial charge in [0.2, 0.25) is 0 Å². The highest BCUT2D eigenvalue weighted by Crippen LogP contribution is 2.22. The van der Waals surface area contributed by atoms with Crippen molar-refractivity contribution in [2.45, 2.75) is 20.8 Å². The van der Waals surface area contributed by atoms with E-state index in [0.29, 0.717) is 13.1 Å². The molecular formula is C22H23N7OS. The minimum absolute atomic E-state index is 0.0685. The number of benzene rings is 1. The fourth-order valence-electron chi connectivity index (χ4n) is 3.86. The van der Waals surface area contributed by atoms with Crippen LogP contribution >= 0.6 is 11.3 Å². The van der Waals surface area contributed by atoms with E-state index in [1.54, 1.807) is 17.7 Å². The first kappa shape index (κ1) is 19.6. The molecule has 0 N–H and O–H groups in total. The summed E-state index contributed by atoms with van der Waals surface area (Å²) in [4.78, 5) is 35.0. The number of thiazole rings is 1. The standard InChI is InChI=1S/C22H23N7OS/c1-14-15(2)29(12-23-14)21-11-20(25-16(3)26-21)27-6-8-28(9-7-27)22(30)17-4-5-18-19(10-17)31-13-24-18/h4-5,10-13H,6-9H2,1-3H3. The quantitative estimate of drug-likeness (QED) is 0.494. The Morgan fingerprint density at radius 1 is 0.968 bits per heavy atom. The zero-order valence-electron chi connectivity index (χ0n) is 17.7. The fraction of sp³-hybridized carbons (Fsp3) is 0.318. The molecule has 0 aliphatic carbocycles. The lowest BCUT2D eigenvalue weighted by Crippen LogP contribution is -2.49. The minimum atomic E-state index is 0.0685. The Labute approximate surface area is 184 Å². The molecule has 1 saturated heterocycles. The summed E-state index contributed by atoms with van der Waals surface area (Å²) in [6.07, 6.45) is 1.80. The van der Waals surface area contributed by atoms with Gasteiger partial charge in [-0.15, -0.1) is 11.3 Å². The van der Waals surface area contributed by atoms with Crippen molar-refractivity contribution in [3.63, 3.8) is 0 Å². The SMILES string of the molecule is Cc1nc(N2CCN(C(=O)c3ccc4ncsc4c3)CC2)cc(-n2cnc(C)c2C)n1. The lowest BCUT2D eigenvalue weighted by atomic mass is 10.1. The van der Waals surface area contributed by atoms with Gasteiger partial charge in [-0.25, -0.2) is 19.9 Å². The summed E-state index contributed by atoms with van der Waals surface area (Å²) < 4.78 is 3.03. The molecule has 0 atom stereocenters. The maximum Gasteiger partial charge on any atom is 0.254 e. The lowest BCUT2D eigenvalue weighted by molar-refractivity contribution is 0.0746. The average Bonchev–Trinajstić information content (AvgIpc) is 3.39. The van der Waals surface area contributed by atoms with Crippen molar-refractivity contribution < 1.29 is 4.79 Å². The highest BCUT2D eigenvalue weighted by Gasteiger charge is 2.24. The molecule has 1 aromatic carbocycles. The number of amides is 1. The number of aromatic nitrogens is 5. The molecule has 1 fully saturated rings. The van der Waals surface area contributed by atoms with Crippen LogP contribution in [0, 0.1) is 20.8 Å². The first-order chi connectivity index (χ1) is 15.0. The minimum Gasteiger partial charge on any atom is -0.353 e. The third kappa shape index (κ3) is 3.65. The van der Waals surface area contributed by atoms with Crippen LogP contribution in [0.2, 0.25) is 0 Å². The summed E-state index contributed by atoms with van der Waals surface area (Å²) >= 11 is 1.56. The van der Waals surface area contributed by atoms with E-state index in [4.69, 9.17) is 0 Å². The monoisotopic (exact) mass is 433 g/mol. The second kappa shape index (κ2) is 7.73. The van der Waals surface area contributed by atoms with Crippen molar-refractivity contribution in [2.24, 2.45) is 0 Å². The molecule has 0 saturated carbocycles. The number of imidazole rings is 1. The fourth-order valence-corrected chi connectivity index (χ4v) is 4.58. The Hall–Kier alpha value is -3.33. The van der Waals surface area contributed by atoms with Crippen LogP contribution in [0.25, 0.3) is 16.0 Å². The molecule has 0 bridgehead atoms. The number of nitrogens with zero attached hydrogens (tertiary/aromatic N) is 7. The van der Waals surface area contributed by atoms with E-state index in [2.05, 4.69) is 24.8 Å². The maximum absolute atomic E-state index is 13.0. The number of piperazine rings is 1. The highest BCUT2D eigenvalue weighted by atomic mass is 32.1. The van der Waals surface area contributed by atoms with Crippen molar-refractivity contribution >= 4 is 33.3 Å². The van der Waals surface area contributed by atoms with Crippen molar-refractivity contribution in [3.05, 3.63) is 58.9 Å². The van der Waals surface area contributed by atoms with Gasteiger partial charge in [-0.1, -0.05) is 0 Å². The van der Waals surface area contributed by atoms with Crippen LogP contribution in [0.5, 0.6) is 0 Å². The molecule has 1 aliphatic heterocycles. The Bertz CT molecular complexity index is 1270. The van der Waals surface area contributed by atoms with E-state index in [0.717, 1.165) is 57.7 Å². The smallest absolute Gasteiger partial charge is 0.254 e. The van der Waals surface area contributed by atoms with Crippen molar-refractivity contribution in [2.75, 3.05) is 31.1 Å². The van der Waals surface area contributed by atoms with Crippen LogP contribution in [0.3, 0.4) is 0 Å². The van der Waals surface area contributed by atoms with Gasteiger partial charge in [-0.3, -0.25) is 9.36 Å². The molecule has 3 aromatic heterocycles. The van der Waals surface area contributed by atoms with E-state index < -0.39 is 0 Å². The summed E-state index contributed by atoms with van der Waals surface area (Å²) in [5.74, 6) is 2.48. The number of hydrogen-bond acceptors (Lipinski definition) is 7. The van der Waals surface area contributed by atoms with E-state index >= 15 is 0 Å². The molecule has 5 rings (SSSR count). The molecule has 4 aromatic rings. The number of rotatable bonds is 3. The van der Waals surface area contributed by atoms with Crippen LogP contribution in [-0.2, 0) is 0 Å². The Morgan fingerprint density at radius 3 is 2.48 bits per heavy atom. The van der Waals surface area contributed by atoms with Crippen molar-refractivity contribution in [3.8, 4) is 5.82 Å². The number of aryl methyl sites for hydroxylation is 2. The van der Waals surface area contributed by atoms with E-state index in [-0.39, 0.29) is 5.91 Å². The largest absolute Gasteiger partial charge is 0.353 e. The molecule has 0 spiro atoms. The van der Waals surface area contributed by atoms with Crippen molar-refractivity contribution in [1.29, 1.82) is 0 Å². The van der Waals surface area contributed by atoms with Crippen LogP contribution in [0.1, 0.15) is 27.6 Å². The van der Waals surface area contributed by atoms with Gasteiger partial charge in [-0.2, -0.15) is 0 Å². The van der Waals surface area contributed by atoms with Gasteiger partial charge in [0.15, 0.2) is 0 Å². The molecule has 0 unspecified atom stereocenters. The van der Waals surface area contributed by atoms with E-state index in [1.165, 1.54) is 0 Å². The van der Waals surface area contributed by atoms with Crippen LogP contribution in [-0.4, -0.2) is 61.5 Å². The Morgan fingerprint density at radius 2 is 1.74 bits per heavy atom. The molecule has 0 radical (unpaired) electrons. The Balaban J connectivity index is 1.32. The zero-order chi connectivity index (χ0) is 21.5. The van der Waals surface area contributed by atoms with Crippen molar-refractivity contribution in [1.82, 2.24) is 29.4 Å². The first-order valence-electron chi connectivity index (χ1n) is 10.2. The van der Waals surface area contributed by atoms with E-state index in [1.807, 2.05) is 60.0 Å². The topological polar surface area (TPSA) is 80.0 Å². The predicted octanol–water partition coefficient (Wildman–Crippen LogP) is 3.16. The molecule has 9 heteroatoms. The number of carbonyl (C=O) groups is 1. The summed E-state index contributed by atoms with van der Waals surface area (Å²) in [6.45, 7) is 8.69. The van der Waals surface area contributed by atoms with E-state index in [9.17, 15) is 4.79 Å². The highest BCUT2D eigenvalue weighted by molar-refractivity contribution is 7.16. The molecule has 158 valence electrons. The third-order valence-electron chi connectivity index (χ3n) is 5.78. The molecular weight excluding hydrogens is 410 g/mol. The van der Waals surface area contributed by atoms with Crippen LogP contribution < -0.4 is 4.90 Å². The first-order valence-corrected chi connectivity index (χ1v) is 11.1. The van der Waals surface area contributed by atoms with Gasteiger partial charge >= 0.3 is 0 Å². The number of anilines is 1. The van der Waals surface area contributed by atoms with Gasteiger partial charge in [0.25, 0.3) is 5.91 Å². The number of hydrogen-bond donors (Lipinski definition) is 0. The summed E-state index contributed by atoms with van der Waals surface area (Å²) in [5.41, 5.74) is 5.52. The molecule has 4 heterocycles. The van der Waals surface area contributed by atoms with Gasteiger partial charge in [-0.05, 0) is 39.0 Å². The maximum atomic E-state index is 13.0. The third-order valence-corrected chi connectivity index (χ3v) is 6.57. The normalized spacial score (nSPS) is 14.4. The second-order valence-electron chi connectivity index (χ2n) is 7.73. The number of carbonyl (C=O) groups excluding carboxylic acids is 1. The van der Waals surface area contributed by atoms with Gasteiger partial charge in [0, 0.05) is 43.5 Å². The average molecular weight is 434 g/mol. The molecule has 1 amide bonds. The lowest BCUT2D eigenvalue weighted by Gasteiger charge is -2.35. The van der Waals surface area contributed by atoms with Gasteiger partial charge in [0.1, 0.15) is 23.8 Å². The van der Waals surface area contributed by atoms with Crippen LogP contribution in [0.4, 0.5) is 5.82 Å². The summed E-state index contributed by atoms with van der Waals surface area (Å²) in [7, 11) is 0. The summed E-state index contributed by atoms with van der Waals surface area (Å²) in [5, 5.41) is 0. The van der Waals surface area contributed by atoms with Crippen LogP contribution in [0.15, 0.2) is 36.1 Å². The zero-order valence-corrected chi connectivity index (χ0v) is 18.6. The second-order valence-corrected chi connectivity index (χ2v) is 8.62.